The summed E-state index contributed by atoms with van der Waals surface area (Å²) in [6.07, 6.45) is 3.02. The molecule has 3 aromatic rings. The Kier molecular flexibility index (Phi) is 6.01. The molecule has 4 rings (SSSR count). The number of rotatable bonds is 5. The van der Waals surface area contributed by atoms with Crippen LogP contribution in [0.15, 0.2) is 72.6 Å². The molecule has 2 heterocycles. The molecule has 1 aliphatic rings. The highest BCUT2D eigenvalue weighted by molar-refractivity contribution is 6.51. The van der Waals surface area contributed by atoms with E-state index >= 15 is 0 Å². The van der Waals surface area contributed by atoms with E-state index in [1.54, 1.807) is 12.1 Å². The number of aliphatic hydroxyl groups is 1. The fourth-order valence-corrected chi connectivity index (χ4v) is 4.20. The minimum atomic E-state index is -0.810. The van der Waals surface area contributed by atoms with Gasteiger partial charge in [0, 0.05) is 23.6 Å². The normalized spacial score (nSPS) is 17.6. The monoisotopic (exact) mass is 442 g/mol. The van der Waals surface area contributed by atoms with Crippen molar-refractivity contribution in [2.45, 2.75) is 39.8 Å². The summed E-state index contributed by atoms with van der Waals surface area (Å²) in [5.74, 6) is -1.03. The van der Waals surface area contributed by atoms with Crippen LogP contribution >= 0.6 is 0 Å². The maximum Gasteiger partial charge on any atom is 0.300 e. The Balaban J connectivity index is 1.95. The summed E-state index contributed by atoms with van der Waals surface area (Å²) in [7, 11) is 0. The fraction of sp³-hybridized carbons (Fsp3) is 0.222. The van der Waals surface area contributed by atoms with Crippen molar-refractivity contribution in [2.75, 3.05) is 4.90 Å². The molecule has 1 amide bonds. The number of benzene rings is 2. The van der Waals surface area contributed by atoms with Crippen LogP contribution in [0.5, 0.6) is 5.75 Å². The highest BCUT2D eigenvalue weighted by Gasteiger charge is 2.47. The number of aryl methyl sites for hydroxylation is 2. The van der Waals surface area contributed by atoms with Gasteiger partial charge < -0.3 is 9.84 Å². The van der Waals surface area contributed by atoms with Crippen LogP contribution in [-0.4, -0.2) is 27.9 Å². The molecule has 1 aromatic heterocycles. The van der Waals surface area contributed by atoms with E-state index in [0.29, 0.717) is 22.6 Å². The van der Waals surface area contributed by atoms with Crippen molar-refractivity contribution in [2.24, 2.45) is 0 Å². The van der Waals surface area contributed by atoms with Gasteiger partial charge in [-0.25, -0.2) is 0 Å². The van der Waals surface area contributed by atoms with Gasteiger partial charge in [-0.3, -0.25) is 19.5 Å². The Bertz CT molecular complexity index is 1230. The average molecular weight is 443 g/mol. The van der Waals surface area contributed by atoms with Gasteiger partial charge in [-0.2, -0.15) is 0 Å². The molecular weight excluding hydrogens is 416 g/mol. The van der Waals surface area contributed by atoms with E-state index in [0.717, 1.165) is 11.1 Å². The van der Waals surface area contributed by atoms with Crippen LogP contribution < -0.4 is 9.64 Å². The predicted molar refractivity (Wildman–Crippen MR) is 127 cm³/mol. The smallest absolute Gasteiger partial charge is 0.300 e. The molecule has 1 atom stereocenters. The van der Waals surface area contributed by atoms with E-state index in [9.17, 15) is 14.7 Å². The molecule has 1 fully saturated rings. The zero-order valence-corrected chi connectivity index (χ0v) is 19.1. The van der Waals surface area contributed by atoms with Crippen LogP contribution in [-0.2, 0) is 9.59 Å². The second-order valence-corrected chi connectivity index (χ2v) is 8.49. The lowest BCUT2D eigenvalue weighted by molar-refractivity contribution is -0.132. The second kappa shape index (κ2) is 8.90. The van der Waals surface area contributed by atoms with Crippen molar-refractivity contribution in [3.8, 4) is 5.75 Å². The van der Waals surface area contributed by atoms with Crippen LogP contribution in [0, 0.1) is 13.8 Å². The lowest BCUT2D eigenvalue weighted by Gasteiger charge is -2.26. The first-order chi connectivity index (χ1) is 15.8. The summed E-state index contributed by atoms with van der Waals surface area (Å²) in [4.78, 5) is 32.0. The third-order valence-electron chi connectivity index (χ3n) is 5.43. The molecular formula is C27H26N2O4. The van der Waals surface area contributed by atoms with Crippen LogP contribution in [0.4, 0.5) is 5.69 Å². The number of aliphatic hydroxyl groups excluding tert-OH is 1. The van der Waals surface area contributed by atoms with E-state index < -0.39 is 17.7 Å². The van der Waals surface area contributed by atoms with E-state index in [-0.39, 0.29) is 17.4 Å². The maximum absolute atomic E-state index is 13.3. The summed E-state index contributed by atoms with van der Waals surface area (Å²) in [6.45, 7) is 7.74. The maximum atomic E-state index is 13.3. The van der Waals surface area contributed by atoms with Crippen molar-refractivity contribution in [3.05, 3.63) is 94.8 Å². The molecule has 0 spiro atoms. The standard InChI is InChI=1S/C27H26N2O4/c1-16(2)33-22-7-5-6-20(15-22)24-23(25(30)19-8-10-28-11-9-19)26(31)27(32)29(24)21-13-17(3)12-18(4)14-21/h5-16,24,30H,1-4H3/b25-23+. The third-order valence-corrected chi connectivity index (χ3v) is 5.43. The van der Waals surface area contributed by atoms with Crippen molar-refractivity contribution < 1.29 is 19.4 Å². The number of aromatic nitrogens is 1. The van der Waals surface area contributed by atoms with Crippen molar-refractivity contribution in [3.63, 3.8) is 0 Å². The molecule has 6 heteroatoms. The van der Waals surface area contributed by atoms with Crippen molar-refractivity contribution in [1.82, 2.24) is 4.98 Å². The summed E-state index contributed by atoms with van der Waals surface area (Å²) in [5, 5.41) is 11.1. The van der Waals surface area contributed by atoms with Crippen LogP contribution in [0.25, 0.3) is 5.76 Å². The number of ether oxygens (including phenoxy) is 1. The zero-order chi connectivity index (χ0) is 23.7. The first-order valence-corrected chi connectivity index (χ1v) is 10.8. The highest BCUT2D eigenvalue weighted by Crippen LogP contribution is 2.43. The molecule has 0 radical (unpaired) electrons. The van der Waals surface area contributed by atoms with Crippen LogP contribution in [0.3, 0.4) is 0 Å². The number of hydrogen-bond acceptors (Lipinski definition) is 5. The molecule has 0 saturated carbocycles. The number of Topliss-reactive ketones (excluding diaryl/α,β-unsaturated/α-hetero) is 1. The minimum Gasteiger partial charge on any atom is -0.507 e. The highest BCUT2D eigenvalue weighted by atomic mass is 16.5. The van der Waals surface area contributed by atoms with E-state index in [1.165, 1.54) is 17.3 Å². The van der Waals surface area contributed by atoms with Gasteiger partial charge in [0.1, 0.15) is 11.5 Å². The summed E-state index contributed by atoms with van der Waals surface area (Å²) < 4.78 is 5.85. The largest absolute Gasteiger partial charge is 0.507 e. The van der Waals surface area contributed by atoms with E-state index in [4.69, 9.17) is 4.74 Å². The third kappa shape index (κ3) is 4.37. The van der Waals surface area contributed by atoms with E-state index in [2.05, 4.69) is 4.98 Å². The number of anilines is 1. The lowest BCUT2D eigenvalue weighted by atomic mass is 9.95. The number of amides is 1. The molecule has 2 aromatic carbocycles. The van der Waals surface area contributed by atoms with Crippen LogP contribution in [0.1, 0.15) is 42.1 Å². The van der Waals surface area contributed by atoms with Gasteiger partial charge in [0.05, 0.1) is 17.7 Å². The Hall–Kier alpha value is -3.93. The molecule has 6 nitrogen and oxygen atoms in total. The average Bonchev–Trinajstić information content (AvgIpc) is 3.03. The molecule has 1 N–H and O–H groups in total. The first kappa shape index (κ1) is 22.3. The lowest BCUT2D eigenvalue weighted by Crippen LogP contribution is -2.29. The number of carbonyl (C=O) groups excluding carboxylic acids is 2. The molecule has 1 unspecified atom stereocenters. The molecule has 1 saturated heterocycles. The Morgan fingerprint density at radius 2 is 1.67 bits per heavy atom. The van der Waals surface area contributed by atoms with Gasteiger partial charge >= 0.3 is 0 Å². The minimum absolute atomic E-state index is 0.0343. The zero-order valence-electron chi connectivity index (χ0n) is 19.1. The molecule has 1 aliphatic heterocycles. The summed E-state index contributed by atoms with van der Waals surface area (Å²) >= 11 is 0. The van der Waals surface area contributed by atoms with Gasteiger partial charge in [0.2, 0.25) is 0 Å². The Morgan fingerprint density at radius 3 is 2.30 bits per heavy atom. The van der Waals surface area contributed by atoms with Gasteiger partial charge in [-0.05, 0) is 80.8 Å². The Labute approximate surface area is 193 Å². The summed E-state index contributed by atoms with van der Waals surface area (Å²) in [6, 6.07) is 15.4. The number of ketones is 1. The van der Waals surface area contributed by atoms with Crippen LogP contribution in [0.2, 0.25) is 0 Å². The van der Waals surface area contributed by atoms with Gasteiger partial charge in [0.15, 0.2) is 0 Å². The molecule has 0 aliphatic carbocycles. The molecule has 33 heavy (non-hydrogen) atoms. The Morgan fingerprint density at radius 1 is 1.00 bits per heavy atom. The quantitative estimate of drug-likeness (QED) is 0.337. The second-order valence-electron chi connectivity index (χ2n) is 8.49. The number of hydrogen-bond donors (Lipinski definition) is 1. The SMILES string of the molecule is Cc1cc(C)cc(N2C(=O)C(=O)/C(=C(/O)c3ccncc3)C2c2cccc(OC(C)C)c2)c1. The number of pyridine rings is 1. The molecule has 0 bridgehead atoms. The summed E-state index contributed by atoms with van der Waals surface area (Å²) in [5.41, 5.74) is 3.66. The first-order valence-electron chi connectivity index (χ1n) is 10.8. The van der Waals surface area contributed by atoms with Crippen molar-refractivity contribution >= 4 is 23.1 Å². The topological polar surface area (TPSA) is 79.7 Å². The van der Waals surface area contributed by atoms with Gasteiger partial charge in [-0.1, -0.05) is 18.2 Å². The fourth-order valence-electron chi connectivity index (χ4n) is 4.20. The van der Waals surface area contributed by atoms with E-state index in [1.807, 2.05) is 70.2 Å². The number of carbonyl (C=O) groups is 2. The predicted octanol–water partition coefficient (Wildman–Crippen LogP) is 5.11. The van der Waals surface area contributed by atoms with Crippen molar-refractivity contribution in [1.29, 1.82) is 0 Å². The van der Waals surface area contributed by atoms with Gasteiger partial charge in [0.25, 0.3) is 11.7 Å². The molecule has 168 valence electrons. The van der Waals surface area contributed by atoms with Gasteiger partial charge in [-0.15, -0.1) is 0 Å². The number of nitrogens with zero attached hydrogens (tertiary/aromatic N) is 2.